The van der Waals surface area contributed by atoms with Crippen molar-refractivity contribution in [1.82, 2.24) is 15.2 Å². The van der Waals surface area contributed by atoms with Crippen LogP contribution >= 0.6 is 0 Å². The first-order valence-electron chi connectivity index (χ1n) is 6.26. The van der Waals surface area contributed by atoms with Crippen LogP contribution in [0, 0.1) is 0 Å². The molecular weight excluding hydrogens is 315 g/mol. The number of phenolic OH excluding ortho intramolecular Hbond substituents is 1. The highest BCUT2D eigenvalue weighted by molar-refractivity contribution is 6.04. The molecule has 0 saturated carbocycles. The third-order valence-corrected chi connectivity index (χ3v) is 3.19. The second-order valence-corrected chi connectivity index (χ2v) is 4.70. The molecule has 0 radical (unpaired) electrons. The molecule has 0 amide bonds. The average molecular weight is 323 g/mol. The van der Waals surface area contributed by atoms with Crippen molar-refractivity contribution < 1.29 is 28.2 Å². The van der Waals surface area contributed by atoms with Crippen molar-refractivity contribution in [2.24, 2.45) is 0 Å². The van der Waals surface area contributed by atoms with E-state index in [0.717, 1.165) is 6.07 Å². The van der Waals surface area contributed by atoms with E-state index in [2.05, 4.69) is 15.2 Å². The number of carbonyl (C=O) groups is 1. The number of alkyl halides is 3. The van der Waals surface area contributed by atoms with Crippen LogP contribution in [0.5, 0.6) is 5.75 Å². The lowest BCUT2D eigenvalue weighted by atomic mass is 10.1. The van der Waals surface area contributed by atoms with Crippen molar-refractivity contribution in [1.29, 1.82) is 0 Å². The zero-order chi connectivity index (χ0) is 16.8. The highest BCUT2D eigenvalue weighted by atomic mass is 19.4. The minimum absolute atomic E-state index is 0.00539. The molecule has 0 aliphatic carbocycles. The molecule has 3 N–H and O–H groups in total. The summed E-state index contributed by atoms with van der Waals surface area (Å²) >= 11 is 0. The fourth-order valence-corrected chi connectivity index (χ4v) is 2.18. The van der Waals surface area contributed by atoms with Crippen molar-refractivity contribution in [3.8, 4) is 17.0 Å². The van der Waals surface area contributed by atoms with Crippen molar-refractivity contribution in [2.45, 2.75) is 6.18 Å². The molecule has 2 aromatic heterocycles. The first-order chi connectivity index (χ1) is 10.8. The lowest BCUT2D eigenvalue weighted by Gasteiger charge is -2.07. The Morgan fingerprint density at radius 1 is 1.17 bits per heavy atom. The van der Waals surface area contributed by atoms with Gasteiger partial charge in [-0.05, 0) is 30.3 Å². The van der Waals surface area contributed by atoms with E-state index in [1.807, 2.05) is 0 Å². The van der Waals surface area contributed by atoms with E-state index >= 15 is 0 Å². The standard InChI is InChI=1S/C14H8F3N3O3/c15-14(16,17)11-10-8(13(22)23)5-9(18-12(10)20-19-11)6-1-3-7(21)4-2-6/h1-5,21H,(H,22,23)(H,18,19,20). The van der Waals surface area contributed by atoms with Crippen LogP contribution in [0.4, 0.5) is 13.2 Å². The number of aromatic carboxylic acids is 1. The van der Waals surface area contributed by atoms with Crippen molar-refractivity contribution in [3.63, 3.8) is 0 Å². The summed E-state index contributed by atoms with van der Waals surface area (Å²) in [7, 11) is 0. The molecule has 0 aliphatic rings. The van der Waals surface area contributed by atoms with E-state index in [4.69, 9.17) is 0 Å². The summed E-state index contributed by atoms with van der Waals surface area (Å²) < 4.78 is 38.8. The number of hydrogen-bond donors (Lipinski definition) is 3. The molecule has 2 heterocycles. The van der Waals surface area contributed by atoms with E-state index < -0.39 is 28.8 Å². The summed E-state index contributed by atoms with van der Waals surface area (Å²) in [6, 6.07) is 6.69. The summed E-state index contributed by atoms with van der Waals surface area (Å²) in [6.07, 6.45) is -4.80. The van der Waals surface area contributed by atoms with Crippen LogP contribution < -0.4 is 0 Å². The quantitative estimate of drug-likeness (QED) is 0.673. The van der Waals surface area contributed by atoms with E-state index in [0.29, 0.717) is 5.56 Å². The first-order valence-corrected chi connectivity index (χ1v) is 6.26. The van der Waals surface area contributed by atoms with Crippen molar-refractivity contribution >= 4 is 17.0 Å². The SMILES string of the molecule is O=C(O)c1cc(-c2ccc(O)cc2)nc2[nH]nc(C(F)(F)F)c12. The smallest absolute Gasteiger partial charge is 0.435 e. The summed E-state index contributed by atoms with van der Waals surface area (Å²) in [5.74, 6) is -1.53. The fraction of sp³-hybridized carbons (Fsp3) is 0.0714. The number of nitrogens with one attached hydrogen (secondary N) is 1. The highest BCUT2D eigenvalue weighted by Gasteiger charge is 2.38. The maximum absolute atomic E-state index is 12.9. The van der Waals surface area contributed by atoms with Crippen LogP contribution in [-0.2, 0) is 6.18 Å². The number of aromatic hydroxyl groups is 1. The van der Waals surface area contributed by atoms with Gasteiger partial charge in [0, 0.05) is 5.56 Å². The van der Waals surface area contributed by atoms with Gasteiger partial charge < -0.3 is 10.2 Å². The zero-order valence-electron chi connectivity index (χ0n) is 11.2. The van der Waals surface area contributed by atoms with Gasteiger partial charge in [-0.2, -0.15) is 18.3 Å². The number of fused-ring (bicyclic) bond motifs is 1. The number of benzene rings is 1. The number of aromatic amines is 1. The van der Waals surface area contributed by atoms with Gasteiger partial charge in [0.15, 0.2) is 11.3 Å². The highest BCUT2D eigenvalue weighted by Crippen LogP contribution is 2.35. The molecular formula is C14H8F3N3O3. The molecule has 118 valence electrons. The Labute approximate surface area is 126 Å². The van der Waals surface area contributed by atoms with Crippen LogP contribution in [0.2, 0.25) is 0 Å². The molecule has 0 unspecified atom stereocenters. The van der Waals surface area contributed by atoms with Crippen molar-refractivity contribution in [3.05, 3.63) is 41.6 Å². The topological polar surface area (TPSA) is 99.1 Å². The van der Waals surface area contributed by atoms with Gasteiger partial charge in [0.05, 0.1) is 16.6 Å². The third-order valence-electron chi connectivity index (χ3n) is 3.19. The van der Waals surface area contributed by atoms with Crippen LogP contribution in [0.1, 0.15) is 16.1 Å². The number of halogens is 3. The van der Waals surface area contributed by atoms with Crippen LogP contribution in [-0.4, -0.2) is 31.4 Å². The summed E-state index contributed by atoms with van der Waals surface area (Å²) in [6.45, 7) is 0. The van der Waals surface area contributed by atoms with Gasteiger partial charge in [-0.3, -0.25) is 5.10 Å². The van der Waals surface area contributed by atoms with Gasteiger partial charge in [0.25, 0.3) is 0 Å². The second-order valence-electron chi connectivity index (χ2n) is 4.70. The molecule has 0 atom stereocenters. The van der Waals surface area contributed by atoms with Crippen LogP contribution in [0.15, 0.2) is 30.3 Å². The predicted molar refractivity (Wildman–Crippen MR) is 73.0 cm³/mol. The maximum atomic E-state index is 12.9. The fourth-order valence-electron chi connectivity index (χ4n) is 2.18. The predicted octanol–water partition coefficient (Wildman–Crippen LogP) is 3.05. The second kappa shape index (κ2) is 4.97. The van der Waals surface area contributed by atoms with E-state index in [-0.39, 0.29) is 17.1 Å². The number of carboxylic acid groups (broad SMARTS) is 1. The van der Waals surface area contributed by atoms with E-state index in [1.54, 1.807) is 0 Å². The van der Waals surface area contributed by atoms with Gasteiger partial charge in [0.2, 0.25) is 0 Å². The number of rotatable bonds is 2. The Balaban J connectivity index is 2.29. The molecule has 3 aromatic rings. The van der Waals surface area contributed by atoms with E-state index in [9.17, 15) is 28.2 Å². The number of pyridine rings is 1. The molecule has 0 saturated heterocycles. The number of H-pyrrole nitrogens is 1. The third kappa shape index (κ3) is 2.56. The number of aromatic nitrogens is 3. The van der Waals surface area contributed by atoms with Crippen LogP contribution in [0.3, 0.4) is 0 Å². The number of hydrogen-bond acceptors (Lipinski definition) is 4. The molecule has 0 fully saturated rings. The molecule has 23 heavy (non-hydrogen) atoms. The van der Waals surface area contributed by atoms with Crippen molar-refractivity contribution in [2.75, 3.05) is 0 Å². The number of nitrogens with zero attached hydrogens (tertiary/aromatic N) is 2. The Kier molecular flexibility index (Phi) is 3.20. The Morgan fingerprint density at radius 3 is 2.39 bits per heavy atom. The maximum Gasteiger partial charge on any atom is 0.435 e. The minimum Gasteiger partial charge on any atom is -0.508 e. The first kappa shape index (κ1) is 14.8. The largest absolute Gasteiger partial charge is 0.508 e. The normalized spacial score (nSPS) is 11.8. The Morgan fingerprint density at radius 2 is 1.83 bits per heavy atom. The molecule has 0 bridgehead atoms. The lowest BCUT2D eigenvalue weighted by Crippen LogP contribution is -2.09. The van der Waals surface area contributed by atoms with Gasteiger partial charge in [0.1, 0.15) is 5.75 Å². The zero-order valence-corrected chi connectivity index (χ0v) is 11.2. The van der Waals surface area contributed by atoms with Gasteiger partial charge in [-0.25, -0.2) is 9.78 Å². The molecule has 0 spiro atoms. The molecule has 1 aromatic carbocycles. The van der Waals surface area contributed by atoms with E-state index in [1.165, 1.54) is 24.3 Å². The average Bonchev–Trinajstić information content (AvgIpc) is 2.90. The lowest BCUT2D eigenvalue weighted by molar-refractivity contribution is -0.139. The Hall–Kier alpha value is -3.10. The van der Waals surface area contributed by atoms with Crippen LogP contribution in [0.25, 0.3) is 22.3 Å². The Bertz CT molecular complexity index is 901. The molecule has 3 rings (SSSR count). The number of phenols is 1. The van der Waals surface area contributed by atoms with Gasteiger partial charge in [-0.1, -0.05) is 0 Å². The molecule has 0 aliphatic heterocycles. The summed E-state index contributed by atoms with van der Waals surface area (Å²) in [4.78, 5) is 15.3. The monoisotopic (exact) mass is 323 g/mol. The van der Waals surface area contributed by atoms with Gasteiger partial charge >= 0.3 is 12.1 Å². The molecule has 9 heteroatoms. The molecule has 6 nitrogen and oxygen atoms in total. The summed E-state index contributed by atoms with van der Waals surface area (Å²) in [5.41, 5.74) is -1.57. The minimum atomic E-state index is -4.80. The van der Waals surface area contributed by atoms with Gasteiger partial charge in [-0.15, -0.1) is 0 Å². The summed E-state index contributed by atoms with van der Waals surface area (Å²) in [5, 5.41) is 23.2. The number of carboxylic acids is 1.